The van der Waals surface area contributed by atoms with E-state index in [0.717, 1.165) is 9.18 Å². The van der Waals surface area contributed by atoms with Gasteiger partial charge in [-0.1, -0.05) is 17.7 Å². The molecule has 1 aliphatic heterocycles. The third-order valence-corrected chi connectivity index (χ3v) is 6.70. The van der Waals surface area contributed by atoms with Crippen LogP contribution in [-0.2, 0) is 21.2 Å². The zero-order valence-electron chi connectivity index (χ0n) is 13.1. The molecule has 2 amide bonds. The highest BCUT2D eigenvalue weighted by Gasteiger charge is 2.36. The molecular weight excluding hydrogens is 384 g/mol. The Balaban J connectivity index is 1.77. The van der Waals surface area contributed by atoms with Gasteiger partial charge in [-0.3, -0.25) is 9.59 Å². The van der Waals surface area contributed by atoms with Gasteiger partial charge in [0, 0.05) is 17.8 Å². The van der Waals surface area contributed by atoms with Gasteiger partial charge in [0.1, 0.15) is 0 Å². The van der Waals surface area contributed by atoms with E-state index >= 15 is 0 Å². The predicted octanol–water partition coefficient (Wildman–Crippen LogP) is 2.44. The van der Waals surface area contributed by atoms with E-state index in [1.165, 1.54) is 18.2 Å². The Morgan fingerprint density at radius 3 is 2.76 bits per heavy atom. The first-order chi connectivity index (χ1) is 11.9. The van der Waals surface area contributed by atoms with Crippen molar-refractivity contribution in [3.63, 3.8) is 0 Å². The number of sulfonamides is 1. The van der Waals surface area contributed by atoms with E-state index in [0.29, 0.717) is 13.0 Å². The van der Waals surface area contributed by atoms with Crippen LogP contribution >= 0.6 is 22.9 Å². The molecule has 1 N–H and O–H groups in total. The maximum atomic E-state index is 12.4. The summed E-state index contributed by atoms with van der Waals surface area (Å²) >= 11 is 7.68. The van der Waals surface area contributed by atoms with Crippen molar-refractivity contribution in [1.29, 1.82) is 0 Å². The fraction of sp³-hybridized carbons (Fsp3) is 0.250. The molecule has 0 bridgehead atoms. The predicted molar refractivity (Wildman–Crippen MR) is 97.7 cm³/mol. The van der Waals surface area contributed by atoms with Gasteiger partial charge < -0.3 is 5.32 Å². The zero-order chi connectivity index (χ0) is 18.0. The molecule has 3 rings (SSSR count). The van der Waals surface area contributed by atoms with Crippen molar-refractivity contribution >= 4 is 50.5 Å². The van der Waals surface area contributed by atoms with Gasteiger partial charge in [0.2, 0.25) is 15.9 Å². The fourth-order valence-corrected chi connectivity index (χ4v) is 4.90. The van der Waals surface area contributed by atoms with Crippen LogP contribution in [0.4, 0.5) is 5.69 Å². The van der Waals surface area contributed by atoms with Crippen LogP contribution in [0.15, 0.2) is 35.7 Å². The molecule has 6 nitrogen and oxygen atoms in total. The molecule has 1 aliphatic rings. The van der Waals surface area contributed by atoms with Gasteiger partial charge in [-0.25, -0.2) is 12.7 Å². The van der Waals surface area contributed by atoms with Crippen molar-refractivity contribution in [2.24, 2.45) is 0 Å². The van der Waals surface area contributed by atoms with E-state index in [-0.39, 0.29) is 28.4 Å². The first-order valence-corrected chi connectivity index (χ1v) is 10.4. The molecule has 1 saturated heterocycles. The number of carbonyl (C=O) groups is 2. The molecule has 1 aromatic carbocycles. The normalized spacial score (nSPS) is 16.2. The Labute approximate surface area is 154 Å². The summed E-state index contributed by atoms with van der Waals surface area (Å²) in [5.74, 6) is -1.14. The number of nitrogens with zero attached hydrogens (tertiary/aromatic N) is 1. The van der Waals surface area contributed by atoms with Crippen LogP contribution in [0.1, 0.15) is 21.7 Å². The maximum absolute atomic E-state index is 12.4. The molecule has 25 heavy (non-hydrogen) atoms. The summed E-state index contributed by atoms with van der Waals surface area (Å²) in [5, 5.41) is 4.92. The van der Waals surface area contributed by atoms with Gasteiger partial charge in [-0.05, 0) is 36.1 Å². The highest BCUT2D eigenvalue weighted by molar-refractivity contribution is 7.94. The number of anilines is 1. The minimum absolute atomic E-state index is 0.0622. The molecule has 132 valence electrons. The summed E-state index contributed by atoms with van der Waals surface area (Å²) in [6.07, 6.45) is 0.632. The summed E-state index contributed by atoms with van der Waals surface area (Å²) in [6, 6.07) is 8.10. The summed E-state index contributed by atoms with van der Waals surface area (Å²) in [5.41, 5.74) is 0.274. The van der Waals surface area contributed by atoms with Crippen molar-refractivity contribution in [2.45, 2.75) is 12.8 Å². The first-order valence-electron chi connectivity index (χ1n) is 7.54. The second kappa shape index (κ2) is 7.15. The van der Waals surface area contributed by atoms with Crippen LogP contribution in [0, 0.1) is 0 Å². The van der Waals surface area contributed by atoms with Gasteiger partial charge in [-0.15, -0.1) is 11.3 Å². The lowest BCUT2D eigenvalue weighted by Crippen LogP contribution is -2.30. The van der Waals surface area contributed by atoms with Gasteiger partial charge >= 0.3 is 0 Å². The Kier molecular flexibility index (Phi) is 5.12. The molecule has 0 spiro atoms. The number of benzene rings is 1. The number of hydrogen-bond donors (Lipinski definition) is 1. The zero-order valence-corrected chi connectivity index (χ0v) is 15.5. The third kappa shape index (κ3) is 3.86. The van der Waals surface area contributed by atoms with Crippen molar-refractivity contribution in [2.75, 3.05) is 16.6 Å². The lowest BCUT2D eigenvalue weighted by molar-refractivity contribution is -0.116. The van der Waals surface area contributed by atoms with Gasteiger partial charge in [0.15, 0.2) is 0 Å². The Morgan fingerprint density at radius 2 is 2.12 bits per heavy atom. The van der Waals surface area contributed by atoms with Crippen molar-refractivity contribution in [3.05, 3.63) is 51.2 Å². The second-order valence-corrected chi connectivity index (χ2v) is 8.85. The van der Waals surface area contributed by atoms with Crippen LogP contribution in [-0.4, -0.2) is 32.5 Å². The van der Waals surface area contributed by atoms with Crippen LogP contribution < -0.4 is 9.62 Å². The number of halogens is 1. The fourth-order valence-electron chi connectivity index (χ4n) is 2.53. The van der Waals surface area contributed by atoms with Gasteiger partial charge in [-0.2, -0.15) is 0 Å². The quantitative estimate of drug-likeness (QED) is 0.838. The molecular formula is C16H15ClN2O4S2. The minimum atomic E-state index is -3.68. The summed E-state index contributed by atoms with van der Waals surface area (Å²) in [6.45, 7) is 0.431. The van der Waals surface area contributed by atoms with E-state index in [9.17, 15) is 18.0 Å². The molecule has 2 heterocycles. The number of carbonyl (C=O) groups excluding carboxylic acids is 2. The van der Waals surface area contributed by atoms with Crippen molar-refractivity contribution in [1.82, 2.24) is 5.32 Å². The van der Waals surface area contributed by atoms with E-state index < -0.39 is 21.8 Å². The van der Waals surface area contributed by atoms with Crippen LogP contribution in [0.5, 0.6) is 0 Å². The highest BCUT2D eigenvalue weighted by atomic mass is 35.5. The van der Waals surface area contributed by atoms with E-state index in [2.05, 4.69) is 5.32 Å². The molecule has 9 heteroatoms. The number of rotatable bonds is 5. The SMILES string of the molecule is O=C(NCCc1cccs1)c1cc(N2C(=O)CCS2(=O)=O)ccc1Cl. The van der Waals surface area contributed by atoms with Crippen molar-refractivity contribution in [3.8, 4) is 0 Å². The monoisotopic (exact) mass is 398 g/mol. The van der Waals surface area contributed by atoms with Crippen LogP contribution in [0.2, 0.25) is 5.02 Å². The summed E-state index contributed by atoms with van der Waals surface area (Å²) < 4.78 is 24.8. The van der Waals surface area contributed by atoms with Crippen LogP contribution in [0.25, 0.3) is 0 Å². The van der Waals surface area contributed by atoms with Gasteiger partial charge in [0.05, 0.1) is 22.0 Å². The lowest BCUT2D eigenvalue weighted by atomic mass is 10.1. The number of amides is 2. The topological polar surface area (TPSA) is 83.6 Å². The standard InChI is InChI=1S/C16H15ClN2O4S2/c17-14-4-3-11(19-15(20)6-9-25(19,22)23)10-13(14)16(21)18-7-5-12-2-1-8-24-12/h1-4,8,10H,5-7,9H2,(H,18,21). The molecule has 0 unspecified atom stereocenters. The highest BCUT2D eigenvalue weighted by Crippen LogP contribution is 2.29. The Hall–Kier alpha value is -1.90. The molecule has 1 aromatic heterocycles. The summed E-state index contributed by atoms with van der Waals surface area (Å²) in [7, 11) is -3.68. The summed E-state index contributed by atoms with van der Waals surface area (Å²) in [4.78, 5) is 25.4. The Bertz CT molecular complexity index is 910. The van der Waals surface area contributed by atoms with E-state index in [1.54, 1.807) is 11.3 Å². The van der Waals surface area contributed by atoms with Crippen molar-refractivity contribution < 1.29 is 18.0 Å². The average Bonchev–Trinajstić information content (AvgIpc) is 3.16. The van der Waals surface area contributed by atoms with Gasteiger partial charge in [0.25, 0.3) is 5.91 Å². The van der Waals surface area contributed by atoms with Crippen LogP contribution in [0.3, 0.4) is 0 Å². The largest absolute Gasteiger partial charge is 0.352 e. The smallest absolute Gasteiger partial charge is 0.252 e. The minimum Gasteiger partial charge on any atom is -0.352 e. The molecule has 0 radical (unpaired) electrons. The second-order valence-electron chi connectivity index (χ2n) is 5.47. The molecule has 1 fully saturated rings. The lowest BCUT2D eigenvalue weighted by Gasteiger charge is -2.16. The molecule has 2 aromatic rings. The first kappa shape index (κ1) is 17.9. The molecule has 0 atom stereocenters. The third-order valence-electron chi connectivity index (χ3n) is 3.74. The Morgan fingerprint density at radius 1 is 1.32 bits per heavy atom. The molecule has 0 saturated carbocycles. The number of thiophene rings is 1. The number of nitrogens with one attached hydrogen (secondary N) is 1. The van der Waals surface area contributed by atoms with E-state index in [1.807, 2.05) is 17.5 Å². The maximum Gasteiger partial charge on any atom is 0.252 e. The molecule has 0 aliphatic carbocycles. The number of hydrogen-bond acceptors (Lipinski definition) is 5. The average molecular weight is 399 g/mol. The van der Waals surface area contributed by atoms with E-state index in [4.69, 9.17) is 11.6 Å².